The van der Waals surface area contributed by atoms with Gasteiger partial charge in [-0.1, -0.05) is 91.3 Å². The van der Waals surface area contributed by atoms with Gasteiger partial charge in [0.05, 0.1) is 11.4 Å². The van der Waals surface area contributed by atoms with Crippen LogP contribution < -0.4 is 0 Å². The Hall–Kier alpha value is -2.19. The summed E-state index contributed by atoms with van der Waals surface area (Å²) in [6, 6.07) is 14.6. The van der Waals surface area contributed by atoms with E-state index in [1.807, 2.05) is 25.1 Å². The minimum atomic E-state index is 0.967. The van der Waals surface area contributed by atoms with Crippen molar-refractivity contribution in [3.8, 4) is 11.3 Å². The number of hydrogen-bond donors (Lipinski definition) is 0. The molecule has 0 spiro atoms. The first kappa shape index (κ1) is 21.1. The van der Waals surface area contributed by atoms with E-state index < -0.39 is 0 Å². The van der Waals surface area contributed by atoms with E-state index in [0.29, 0.717) is 0 Å². The van der Waals surface area contributed by atoms with E-state index in [0.717, 1.165) is 52.9 Å². The molecule has 0 aliphatic rings. The third kappa shape index (κ3) is 6.18. The van der Waals surface area contributed by atoms with Crippen molar-refractivity contribution in [2.24, 2.45) is 0 Å². The smallest absolute Gasteiger partial charge is 0.0715 e. The predicted octanol–water partition coefficient (Wildman–Crippen LogP) is 8.21. The van der Waals surface area contributed by atoms with E-state index in [1.165, 1.54) is 4.48 Å². The third-order valence-corrected chi connectivity index (χ3v) is 4.78. The van der Waals surface area contributed by atoms with Crippen molar-refractivity contribution in [3.05, 3.63) is 89.1 Å². The Labute approximate surface area is 172 Å². The molecule has 2 heteroatoms. The van der Waals surface area contributed by atoms with Crippen LogP contribution in [0.1, 0.15) is 51.3 Å². The minimum Gasteiger partial charge on any atom is -0.248 e. The van der Waals surface area contributed by atoms with Crippen LogP contribution in [0.5, 0.6) is 0 Å². The van der Waals surface area contributed by atoms with E-state index in [4.69, 9.17) is 4.98 Å². The molecule has 0 saturated heterocycles. The van der Waals surface area contributed by atoms with Gasteiger partial charge in [-0.3, -0.25) is 0 Å². The number of halogens is 1. The van der Waals surface area contributed by atoms with E-state index in [-0.39, 0.29) is 0 Å². The average Bonchev–Trinajstić information content (AvgIpc) is 2.68. The van der Waals surface area contributed by atoms with Gasteiger partial charge in [0.2, 0.25) is 0 Å². The van der Waals surface area contributed by atoms with Crippen molar-refractivity contribution in [1.29, 1.82) is 0 Å². The highest BCUT2D eigenvalue weighted by Gasteiger charge is 2.09. The summed E-state index contributed by atoms with van der Waals surface area (Å²) in [7, 11) is 0. The second-order valence-electron chi connectivity index (χ2n) is 6.43. The van der Waals surface area contributed by atoms with Gasteiger partial charge in [0.15, 0.2) is 0 Å². The molecule has 0 aliphatic heterocycles. The van der Waals surface area contributed by atoms with Crippen molar-refractivity contribution < 1.29 is 0 Å². The predicted molar refractivity (Wildman–Crippen MR) is 124 cm³/mol. The second kappa shape index (κ2) is 10.8. The van der Waals surface area contributed by atoms with Crippen molar-refractivity contribution in [1.82, 2.24) is 4.98 Å². The van der Waals surface area contributed by atoms with Crippen LogP contribution in [0, 0.1) is 0 Å². The summed E-state index contributed by atoms with van der Waals surface area (Å²) in [5.74, 6) is 0. The van der Waals surface area contributed by atoms with Crippen LogP contribution in [0.25, 0.3) is 22.4 Å². The van der Waals surface area contributed by atoms with E-state index in [2.05, 4.69) is 84.9 Å². The van der Waals surface area contributed by atoms with Crippen LogP contribution in [-0.4, -0.2) is 4.98 Å². The van der Waals surface area contributed by atoms with Crippen LogP contribution in [0.3, 0.4) is 0 Å². The number of pyridine rings is 1. The maximum Gasteiger partial charge on any atom is 0.0715 e. The lowest BCUT2D eigenvalue weighted by Crippen LogP contribution is -1.95. The van der Waals surface area contributed by atoms with Gasteiger partial charge in [0.25, 0.3) is 0 Å². The molecular formula is C25H28BrN. The Morgan fingerprint density at radius 3 is 2.52 bits per heavy atom. The van der Waals surface area contributed by atoms with Crippen LogP contribution >= 0.6 is 15.9 Å². The summed E-state index contributed by atoms with van der Waals surface area (Å²) in [5.41, 5.74) is 6.29. The maximum atomic E-state index is 4.95. The molecule has 1 aromatic carbocycles. The van der Waals surface area contributed by atoms with E-state index in [9.17, 15) is 0 Å². The lowest BCUT2D eigenvalue weighted by atomic mass is 9.99. The summed E-state index contributed by atoms with van der Waals surface area (Å²) in [5, 5.41) is 0. The van der Waals surface area contributed by atoms with Crippen LogP contribution in [0.2, 0.25) is 0 Å². The molecule has 0 unspecified atom stereocenters. The molecule has 2 rings (SSSR count). The molecule has 0 radical (unpaired) electrons. The largest absolute Gasteiger partial charge is 0.248 e. The highest BCUT2D eigenvalue weighted by atomic mass is 79.9. The molecule has 27 heavy (non-hydrogen) atoms. The normalized spacial score (nSPS) is 12.6. The first-order valence-corrected chi connectivity index (χ1v) is 10.3. The molecule has 0 bridgehead atoms. The van der Waals surface area contributed by atoms with Gasteiger partial charge in [-0.2, -0.15) is 0 Å². The summed E-state index contributed by atoms with van der Waals surface area (Å²) < 4.78 is 1.17. The standard InChI is InChI=1S/C25H28BrN/c1-5-11-20(12-6-2)24-17-22(19(4)16-23(26)13-7-3)18-25(27-24)21-14-9-8-10-15-21/h5,8-12,14-18H,4,6-7,13H2,1-3H3/b11-5-,20-12+,23-16+. The van der Waals surface area contributed by atoms with E-state index in [1.54, 1.807) is 0 Å². The van der Waals surface area contributed by atoms with Crippen LogP contribution in [0.15, 0.2) is 77.8 Å². The van der Waals surface area contributed by atoms with Crippen LogP contribution in [-0.2, 0) is 0 Å². The zero-order valence-corrected chi connectivity index (χ0v) is 18.1. The first-order chi connectivity index (χ1) is 13.1. The fraction of sp³-hybridized carbons (Fsp3) is 0.240. The Morgan fingerprint density at radius 1 is 1.15 bits per heavy atom. The lowest BCUT2D eigenvalue weighted by Gasteiger charge is -2.11. The molecule has 0 aliphatic carbocycles. The summed E-state index contributed by atoms with van der Waals surface area (Å²) in [6.45, 7) is 10.7. The number of hydrogen-bond acceptors (Lipinski definition) is 1. The quantitative estimate of drug-likeness (QED) is 0.391. The Bertz CT molecular complexity index is 857. The van der Waals surface area contributed by atoms with Gasteiger partial charge in [-0.05, 0) is 59.2 Å². The zero-order valence-electron chi connectivity index (χ0n) is 16.5. The second-order valence-corrected chi connectivity index (χ2v) is 7.45. The lowest BCUT2D eigenvalue weighted by molar-refractivity contribution is 0.951. The fourth-order valence-electron chi connectivity index (χ4n) is 2.86. The molecule has 1 aromatic heterocycles. The Morgan fingerprint density at radius 2 is 1.89 bits per heavy atom. The maximum absolute atomic E-state index is 4.95. The molecule has 0 saturated carbocycles. The molecule has 140 valence electrons. The molecule has 0 atom stereocenters. The Balaban J connectivity index is 2.59. The Kier molecular flexibility index (Phi) is 8.47. The van der Waals surface area contributed by atoms with E-state index >= 15 is 0 Å². The van der Waals surface area contributed by atoms with Crippen LogP contribution in [0.4, 0.5) is 0 Å². The highest BCUT2D eigenvalue weighted by Crippen LogP contribution is 2.28. The zero-order chi connectivity index (χ0) is 19.6. The fourth-order valence-corrected chi connectivity index (χ4v) is 3.53. The average molecular weight is 422 g/mol. The monoisotopic (exact) mass is 421 g/mol. The first-order valence-electron chi connectivity index (χ1n) is 9.55. The minimum absolute atomic E-state index is 0.967. The molecular weight excluding hydrogens is 394 g/mol. The molecule has 2 aromatic rings. The number of benzene rings is 1. The number of aromatic nitrogens is 1. The molecule has 0 amide bonds. The van der Waals surface area contributed by atoms with Crippen molar-refractivity contribution in [2.75, 3.05) is 0 Å². The molecule has 0 N–H and O–H groups in total. The van der Waals surface area contributed by atoms with Gasteiger partial charge in [-0.15, -0.1) is 0 Å². The third-order valence-electron chi connectivity index (χ3n) is 4.15. The van der Waals surface area contributed by atoms with Gasteiger partial charge in [0.1, 0.15) is 0 Å². The van der Waals surface area contributed by atoms with Crippen molar-refractivity contribution in [2.45, 2.75) is 40.0 Å². The number of allylic oxidation sites excluding steroid dienone is 7. The van der Waals surface area contributed by atoms with Gasteiger partial charge in [0, 0.05) is 5.56 Å². The number of nitrogens with zero attached hydrogens (tertiary/aromatic N) is 1. The highest BCUT2D eigenvalue weighted by molar-refractivity contribution is 9.11. The van der Waals surface area contributed by atoms with Crippen molar-refractivity contribution >= 4 is 27.1 Å². The van der Waals surface area contributed by atoms with Gasteiger partial charge < -0.3 is 0 Å². The van der Waals surface area contributed by atoms with Crippen molar-refractivity contribution in [3.63, 3.8) is 0 Å². The molecule has 1 heterocycles. The summed E-state index contributed by atoms with van der Waals surface area (Å²) >= 11 is 3.66. The molecule has 0 fully saturated rings. The summed E-state index contributed by atoms with van der Waals surface area (Å²) in [6.07, 6.45) is 11.6. The number of rotatable bonds is 8. The van der Waals surface area contributed by atoms with Gasteiger partial charge >= 0.3 is 0 Å². The molecule has 1 nitrogen and oxygen atoms in total. The summed E-state index contributed by atoms with van der Waals surface area (Å²) in [4.78, 5) is 4.95. The SMILES string of the molecule is C=C(/C=C(/Br)CCC)c1cc(C(/C=C\C)=C/CC)nc(-c2ccccc2)c1. The topological polar surface area (TPSA) is 12.9 Å². The van der Waals surface area contributed by atoms with Gasteiger partial charge in [-0.25, -0.2) is 4.98 Å².